The minimum absolute atomic E-state index is 0.142. The third-order valence-electron chi connectivity index (χ3n) is 4.03. The van der Waals surface area contributed by atoms with Crippen molar-refractivity contribution in [1.29, 1.82) is 0 Å². The maximum atomic E-state index is 12.7. The lowest BCUT2D eigenvalue weighted by Gasteiger charge is -2.18. The van der Waals surface area contributed by atoms with E-state index in [0.29, 0.717) is 17.8 Å². The number of hydrogen-bond acceptors (Lipinski definition) is 5. The predicted octanol–water partition coefficient (Wildman–Crippen LogP) is 2.13. The zero-order chi connectivity index (χ0) is 20.0. The Morgan fingerprint density at radius 1 is 1.11 bits per heavy atom. The van der Waals surface area contributed by atoms with Crippen LogP contribution in [-0.2, 0) is 30.2 Å². The zero-order valence-electron chi connectivity index (χ0n) is 14.6. The highest BCUT2D eigenvalue weighted by Crippen LogP contribution is 2.29. The van der Waals surface area contributed by atoms with E-state index >= 15 is 0 Å². The summed E-state index contributed by atoms with van der Waals surface area (Å²) in [5.74, 6) is 0.173. The summed E-state index contributed by atoms with van der Waals surface area (Å²) in [7, 11) is 0. The van der Waals surface area contributed by atoms with E-state index < -0.39 is 17.8 Å². The molecule has 1 amide bonds. The molecule has 0 radical (unpaired) electrons. The number of nitrogens with zero attached hydrogens (tertiary/aromatic N) is 4. The number of aromatic nitrogens is 5. The summed E-state index contributed by atoms with van der Waals surface area (Å²) < 4.78 is 38.2. The van der Waals surface area contributed by atoms with Crippen molar-refractivity contribution in [3.05, 3.63) is 71.3 Å². The van der Waals surface area contributed by atoms with Crippen LogP contribution in [0.1, 0.15) is 22.5 Å². The number of nitrogens with one attached hydrogen (secondary N) is 2. The van der Waals surface area contributed by atoms with Crippen LogP contribution in [0.4, 0.5) is 13.2 Å². The number of amides is 1. The Morgan fingerprint density at radius 2 is 1.89 bits per heavy atom. The number of benzene rings is 1. The first-order valence-corrected chi connectivity index (χ1v) is 8.47. The average Bonchev–Trinajstić information content (AvgIpc) is 3.15. The Kier molecular flexibility index (Phi) is 5.97. The summed E-state index contributed by atoms with van der Waals surface area (Å²) in [5, 5.41) is 16.5. The molecule has 146 valence electrons. The lowest BCUT2D eigenvalue weighted by molar-refractivity contribution is -0.137. The molecule has 0 fully saturated rings. The second-order valence-electron chi connectivity index (χ2n) is 6.23. The number of hydrogen-bond donors (Lipinski definition) is 2. The smallest absolute Gasteiger partial charge is 0.352 e. The number of carbonyl (C=O) groups excluding carboxylic acids is 1. The molecule has 0 aliphatic heterocycles. The molecule has 7 nitrogen and oxygen atoms in total. The van der Waals surface area contributed by atoms with Crippen LogP contribution in [0.25, 0.3) is 0 Å². The van der Waals surface area contributed by atoms with Crippen molar-refractivity contribution >= 4 is 5.91 Å². The SMILES string of the molecule is O=C(Cc1cccnc1)N[C@@H](Cc1ccc(C(F)(F)F)cc1)Cc1nn[nH]n1. The summed E-state index contributed by atoms with van der Waals surface area (Å²) in [6, 6.07) is 7.98. The Morgan fingerprint density at radius 3 is 2.50 bits per heavy atom. The first kappa shape index (κ1) is 19.5. The monoisotopic (exact) mass is 390 g/mol. The maximum Gasteiger partial charge on any atom is 0.416 e. The van der Waals surface area contributed by atoms with Crippen molar-refractivity contribution in [2.75, 3.05) is 0 Å². The summed E-state index contributed by atoms with van der Waals surface area (Å²) in [4.78, 5) is 16.3. The second-order valence-corrected chi connectivity index (χ2v) is 6.23. The molecule has 0 spiro atoms. The Bertz CT molecular complexity index is 882. The van der Waals surface area contributed by atoms with Gasteiger partial charge in [0.2, 0.25) is 5.91 Å². The van der Waals surface area contributed by atoms with E-state index in [-0.39, 0.29) is 18.7 Å². The fourth-order valence-corrected chi connectivity index (χ4v) is 2.74. The highest BCUT2D eigenvalue weighted by atomic mass is 19.4. The molecular weight excluding hydrogens is 373 g/mol. The number of rotatable bonds is 7. The normalized spacial score (nSPS) is 12.5. The number of aromatic amines is 1. The van der Waals surface area contributed by atoms with Gasteiger partial charge in [0.1, 0.15) is 0 Å². The molecule has 28 heavy (non-hydrogen) atoms. The van der Waals surface area contributed by atoms with Gasteiger partial charge in [-0.1, -0.05) is 23.4 Å². The molecule has 1 aromatic carbocycles. The van der Waals surface area contributed by atoms with Crippen molar-refractivity contribution in [3.8, 4) is 0 Å². The largest absolute Gasteiger partial charge is 0.416 e. The minimum atomic E-state index is -4.39. The van der Waals surface area contributed by atoms with E-state index in [9.17, 15) is 18.0 Å². The van der Waals surface area contributed by atoms with E-state index in [1.165, 1.54) is 12.1 Å². The van der Waals surface area contributed by atoms with Gasteiger partial charge in [0, 0.05) is 24.9 Å². The van der Waals surface area contributed by atoms with E-state index in [1.54, 1.807) is 24.5 Å². The van der Waals surface area contributed by atoms with E-state index in [2.05, 4.69) is 30.9 Å². The molecule has 0 unspecified atom stereocenters. The summed E-state index contributed by atoms with van der Waals surface area (Å²) in [6.45, 7) is 0. The summed E-state index contributed by atoms with van der Waals surface area (Å²) in [6.07, 6.45) is -0.416. The van der Waals surface area contributed by atoms with Crippen molar-refractivity contribution in [3.63, 3.8) is 0 Å². The third kappa shape index (κ3) is 5.60. The van der Waals surface area contributed by atoms with Gasteiger partial charge in [0.05, 0.1) is 12.0 Å². The van der Waals surface area contributed by atoms with E-state index in [1.807, 2.05) is 0 Å². The highest BCUT2D eigenvalue weighted by molar-refractivity contribution is 5.78. The van der Waals surface area contributed by atoms with Crippen LogP contribution in [0.5, 0.6) is 0 Å². The van der Waals surface area contributed by atoms with Crippen molar-refractivity contribution < 1.29 is 18.0 Å². The van der Waals surface area contributed by atoms with Crippen LogP contribution >= 0.6 is 0 Å². The number of alkyl halides is 3. The third-order valence-corrected chi connectivity index (χ3v) is 4.03. The van der Waals surface area contributed by atoms with Gasteiger partial charge >= 0.3 is 6.18 Å². The molecule has 0 saturated carbocycles. The highest BCUT2D eigenvalue weighted by Gasteiger charge is 2.30. The number of tetrazole rings is 1. The molecule has 0 saturated heterocycles. The van der Waals surface area contributed by atoms with Crippen LogP contribution in [0.15, 0.2) is 48.8 Å². The second kappa shape index (κ2) is 8.59. The van der Waals surface area contributed by atoms with Crippen molar-refractivity contribution in [2.24, 2.45) is 0 Å². The molecule has 3 rings (SSSR count). The number of halogens is 3. The average molecular weight is 390 g/mol. The fourth-order valence-electron chi connectivity index (χ4n) is 2.74. The van der Waals surface area contributed by atoms with Crippen LogP contribution < -0.4 is 5.32 Å². The predicted molar refractivity (Wildman–Crippen MR) is 92.9 cm³/mol. The van der Waals surface area contributed by atoms with Crippen molar-refractivity contribution in [2.45, 2.75) is 31.5 Å². The van der Waals surface area contributed by atoms with Gasteiger partial charge in [-0.25, -0.2) is 0 Å². The first-order chi connectivity index (χ1) is 13.4. The molecule has 0 aliphatic carbocycles. The quantitative estimate of drug-likeness (QED) is 0.644. The summed E-state index contributed by atoms with van der Waals surface area (Å²) >= 11 is 0. The number of carbonyl (C=O) groups is 1. The van der Waals surface area contributed by atoms with Gasteiger partial charge in [0.25, 0.3) is 0 Å². The molecule has 3 aromatic rings. The lowest BCUT2D eigenvalue weighted by atomic mass is 10.0. The van der Waals surface area contributed by atoms with Gasteiger partial charge < -0.3 is 5.32 Å². The number of H-pyrrole nitrogens is 1. The van der Waals surface area contributed by atoms with Crippen LogP contribution in [0, 0.1) is 0 Å². The zero-order valence-corrected chi connectivity index (χ0v) is 14.6. The van der Waals surface area contributed by atoms with Crippen LogP contribution in [-0.4, -0.2) is 37.6 Å². The molecule has 2 aromatic heterocycles. The molecule has 0 aliphatic rings. The molecule has 0 bridgehead atoms. The topological polar surface area (TPSA) is 96.5 Å². The Hall–Kier alpha value is -3.30. The van der Waals surface area contributed by atoms with Crippen LogP contribution in [0.2, 0.25) is 0 Å². The van der Waals surface area contributed by atoms with E-state index in [0.717, 1.165) is 17.7 Å². The van der Waals surface area contributed by atoms with Gasteiger partial charge in [0.15, 0.2) is 5.82 Å². The standard InChI is InChI=1S/C18H17F3N6O/c19-18(20,21)14-5-3-12(4-6-14)8-15(10-16-24-26-27-25-16)23-17(28)9-13-2-1-7-22-11-13/h1-7,11,15H,8-10H2,(H,23,28)(H,24,25,26,27)/t15-/m0/s1. The van der Waals surface area contributed by atoms with Gasteiger partial charge in [-0.15, -0.1) is 10.2 Å². The molecule has 2 N–H and O–H groups in total. The van der Waals surface area contributed by atoms with Crippen LogP contribution in [0.3, 0.4) is 0 Å². The van der Waals surface area contributed by atoms with Crippen molar-refractivity contribution in [1.82, 2.24) is 30.9 Å². The maximum absolute atomic E-state index is 12.7. The lowest BCUT2D eigenvalue weighted by Crippen LogP contribution is -2.39. The Labute approximate surface area is 158 Å². The molecule has 10 heteroatoms. The fraction of sp³-hybridized carbons (Fsp3) is 0.278. The molecule has 2 heterocycles. The minimum Gasteiger partial charge on any atom is -0.352 e. The summed E-state index contributed by atoms with van der Waals surface area (Å²) in [5.41, 5.74) is 0.697. The molecule has 1 atom stereocenters. The Balaban J connectivity index is 1.69. The van der Waals surface area contributed by atoms with E-state index in [4.69, 9.17) is 0 Å². The van der Waals surface area contributed by atoms with Gasteiger partial charge in [-0.2, -0.15) is 18.4 Å². The van der Waals surface area contributed by atoms with Gasteiger partial charge in [-0.05, 0) is 35.7 Å². The molecular formula is C18H17F3N6O. The van der Waals surface area contributed by atoms with Gasteiger partial charge in [-0.3, -0.25) is 9.78 Å². The first-order valence-electron chi connectivity index (χ1n) is 8.47. The number of pyridine rings is 1.